The molecular formula is C10H13N3O2. The predicted octanol–water partition coefficient (Wildman–Crippen LogP) is 1.09. The van der Waals surface area contributed by atoms with E-state index in [1.807, 2.05) is 6.92 Å². The number of nitrogens with zero attached hydrogens (tertiary/aromatic N) is 2. The summed E-state index contributed by atoms with van der Waals surface area (Å²) >= 11 is 0. The average molecular weight is 207 g/mol. The lowest BCUT2D eigenvalue weighted by Crippen LogP contribution is -2.14. The third-order valence-corrected chi connectivity index (χ3v) is 2.56. The maximum atomic E-state index is 11.6. The number of fused-ring (bicyclic) bond motifs is 1. The molecular weight excluding hydrogens is 194 g/mol. The van der Waals surface area contributed by atoms with E-state index in [0.29, 0.717) is 13.0 Å². The van der Waals surface area contributed by atoms with Crippen molar-refractivity contribution in [1.82, 2.24) is 15.4 Å². The molecule has 0 amide bonds. The summed E-state index contributed by atoms with van der Waals surface area (Å²) in [6.45, 7) is 4.09. The number of hydrogen-bond acceptors (Lipinski definition) is 4. The number of aromatic nitrogens is 3. The number of aryl methyl sites for hydroxylation is 1. The Labute approximate surface area is 87.5 Å². The summed E-state index contributed by atoms with van der Waals surface area (Å²) in [5, 5.41) is 10.6. The Morgan fingerprint density at radius 3 is 3.00 bits per heavy atom. The van der Waals surface area contributed by atoms with Crippen LogP contribution in [0.1, 0.15) is 31.7 Å². The molecule has 0 unspecified atom stereocenters. The minimum atomic E-state index is -0.233. The molecule has 1 heterocycles. The van der Waals surface area contributed by atoms with E-state index < -0.39 is 0 Å². The van der Waals surface area contributed by atoms with Crippen LogP contribution in [0.15, 0.2) is 5.57 Å². The first kappa shape index (κ1) is 9.89. The van der Waals surface area contributed by atoms with E-state index in [2.05, 4.69) is 15.4 Å². The van der Waals surface area contributed by atoms with Gasteiger partial charge >= 0.3 is 5.97 Å². The molecule has 0 spiro atoms. The van der Waals surface area contributed by atoms with Gasteiger partial charge in [0.05, 0.1) is 12.3 Å². The first-order chi connectivity index (χ1) is 7.24. The van der Waals surface area contributed by atoms with Gasteiger partial charge in [-0.1, -0.05) is 0 Å². The summed E-state index contributed by atoms with van der Waals surface area (Å²) in [5.74, 6) is -0.233. The molecule has 0 fully saturated rings. The second-order valence-corrected chi connectivity index (χ2v) is 3.44. The number of rotatable bonds is 2. The Balaban J connectivity index is 2.34. The van der Waals surface area contributed by atoms with Crippen LogP contribution in [-0.4, -0.2) is 28.0 Å². The lowest BCUT2D eigenvalue weighted by molar-refractivity contribution is -0.138. The van der Waals surface area contributed by atoms with Gasteiger partial charge in [-0.2, -0.15) is 15.4 Å². The summed E-state index contributed by atoms with van der Waals surface area (Å²) in [4.78, 5) is 11.6. The highest BCUT2D eigenvalue weighted by atomic mass is 16.5. The van der Waals surface area contributed by atoms with Gasteiger partial charge in [-0.25, -0.2) is 4.79 Å². The maximum Gasteiger partial charge on any atom is 0.334 e. The topological polar surface area (TPSA) is 67.9 Å². The zero-order valence-electron chi connectivity index (χ0n) is 8.83. The molecule has 1 aromatic rings. The first-order valence-electron chi connectivity index (χ1n) is 5.01. The van der Waals surface area contributed by atoms with Crippen LogP contribution in [0.2, 0.25) is 0 Å². The smallest absolute Gasteiger partial charge is 0.334 e. The third kappa shape index (κ3) is 1.65. The Morgan fingerprint density at radius 2 is 2.27 bits per heavy atom. The van der Waals surface area contributed by atoms with E-state index in [1.165, 1.54) is 0 Å². The van der Waals surface area contributed by atoms with Gasteiger partial charge in [0, 0.05) is 5.57 Å². The molecule has 0 aliphatic heterocycles. The van der Waals surface area contributed by atoms with Crippen molar-refractivity contribution in [2.24, 2.45) is 0 Å². The number of nitrogens with one attached hydrogen (secondary N) is 1. The highest BCUT2D eigenvalue weighted by Gasteiger charge is 2.24. The molecule has 5 nitrogen and oxygen atoms in total. The summed E-state index contributed by atoms with van der Waals surface area (Å²) < 4.78 is 4.99. The number of H-pyrrole nitrogens is 1. The van der Waals surface area contributed by atoms with Crippen molar-refractivity contribution in [3.63, 3.8) is 0 Å². The molecule has 1 aromatic heterocycles. The Kier molecular flexibility index (Phi) is 2.53. The van der Waals surface area contributed by atoms with Crippen molar-refractivity contribution in [1.29, 1.82) is 0 Å². The minimum Gasteiger partial charge on any atom is -0.463 e. The van der Waals surface area contributed by atoms with E-state index >= 15 is 0 Å². The van der Waals surface area contributed by atoms with E-state index in [9.17, 15) is 4.79 Å². The van der Waals surface area contributed by atoms with Crippen molar-refractivity contribution in [2.75, 3.05) is 6.61 Å². The SMILES string of the molecule is CCOC(=O)C1=C(C)c2n[nH]nc2CC1. The van der Waals surface area contributed by atoms with Gasteiger partial charge in [0.1, 0.15) is 5.69 Å². The van der Waals surface area contributed by atoms with Gasteiger partial charge in [0.2, 0.25) is 0 Å². The minimum absolute atomic E-state index is 0.233. The van der Waals surface area contributed by atoms with E-state index in [-0.39, 0.29) is 5.97 Å². The second-order valence-electron chi connectivity index (χ2n) is 3.44. The van der Waals surface area contributed by atoms with Crippen molar-refractivity contribution in [2.45, 2.75) is 26.7 Å². The van der Waals surface area contributed by atoms with E-state index in [0.717, 1.165) is 29.0 Å². The number of esters is 1. The monoisotopic (exact) mass is 207 g/mol. The molecule has 5 heteroatoms. The van der Waals surface area contributed by atoms with Gasteiger partial charge in [-0.15, -0.1) is 0 Å². The molecule has 15 heavy (non-hydrogen) atoms. The van der Waals surface area contributed by atoms with Gasteiger partial charge in [-0.05, 0) is 32.3 Å². The van der Waals surface area contributed by atoms with Crippen LogP contribution in [0.4, 0.5) is 0 Å². The summed E-state index contributed by atoms with van der Waals surface area (Å²) in [5.41, 5.74) is 3.33. The predicted molar refractivity (Wildman–Crippen MR) is 53.9 cm³/mol. The molecule has 0 saturated carbocycles. The van der Waals surface area contributed by atoms with E-state index in [1.54, 1.807) is 6.92 Å². The molecule has 0 atom stereocenters. The number of aromatic amines is 1. The maximum absolute atomic E-state index is 11.6. The van der Waals surface area contributed by atoms with Gasteiger partial charge in [-0.3, -0.25) is 0 Å². The molecule has 2 rings (SSSR count). The normalized spacial score (nSPS) is 15.1. The zero-order valence-corrected chi connectivity index (χ0v) is 8.83. The molecule has 0 aromatic carbocycles. The molecule has 0 radical (unpaired) electrons. The summed E-state index contributed by atoms with van der Waals surface area (Å²) in [6, 6.07) is 0. The third-order valence-electron chi connectivity index (χ3n) is 2.56. The zero-order chi connectivity index (χ0) is 10.8. The highest BCUT2D eigenvalue weighted by molar-refractivity contribution is 5.97. The number of ether oxygens (including phenoxy) is 1. The Bertz CT molecular complexity index is 420. The van der Waals surface area contributed by atoms with Crippen molar-refractivity contribution in [3.05, 3.63) is 17.0 Å². The fourth-order valence-corrected chi connectivity index (χ4v) is 1.77. The van der Waals surface area contributed by atoms with Crippen LogP contribution in [-0.2, 0) is 16.0 Å². The molecule has 0 bridgehead atoms. The van der Waals surface area contributed by atoms with Crippen molar-refractivity contribution >= 4 is 11.5 Å². The summed E-state index contributed by atoms with van der Waals surface area (Å²) in [6.07, 6.45) is 1.43. The fraction of sp³-hybridized carbons (Fsp3) is 0.500. The van der Waals surface area contributed by atoms with Crippen LogP contribution in [0.3, 0.4) is 0 Å². The average Bonchev–Trinajstić information content (AvgIpc) is 2.67. The first-order valence-corrected chi connectivity index (χ1v) is 5.01. The van der Waals surface area contributed by atoms with Gasteiger partial charge < -0.3 is 4.74 Å². The van der Waals surface area contributed by atoms with Crippen LogP contribution >= 0.6 is 0 Å². The van der Waals surface area contributed by atoms with Crippen LogP contribution in [0.25, 0.3) is 5.57 Å². The van der Waals surface area contributed by atoms with E-state index in [4.69, 9.17) is 4.74 Å². The fourth-order valence-electron chi connectivity index (χ4n) is 1.77. The van der Waals surface area contributed by atoms with Crippen LogP contribution in [0, 0.1) is 0 Å². The number of allylic oxidation sites excluding steroid dienone is 1. The molecule has 0 saturated heterocycles. The molecule has 80 valence electrons. The van der Waals surface area contributed by atoms with Crippen LogP contribution < -0.4 is 0 Å². The number of carbonyl (C=O) groups is 1. The number of hydrogen-bond donors (Lipinski definition) is 1. The quantitative estimate of drug-likeness (QED) is 0.737. The molecule has 1 N–H and O–H groups in total. The van der Waals surface area contributed by atoms with Crippen LogP contribution in [0.5, 0.6) is 0 Å². The summed E-state index contributed by atoms with van der Waals surface area (Å²) in [7, 11) is 0. The van der Waals surface area contributed by atoms with Gasteiger partial charge in [0.25, 0.3) is 0 Å². The second kappa shape index (κ2) is 3.84. The Hall–Kier alpha value is -1.65. The standard InChI is InChI=1S/C10H13N3O2/c1-3-15-10(14)7-4-5-8-9(6(7)2)12-13-11-8/h3-5H2,1-2H3,(H,11,12,13). The largest absolute Gasteiger partial charge is 0.463 e. The highest BCUT2D eigenvalue weighted by Crippen LogP contribution is 2.28. The Morgan fingerprint density at radius 1 is 1.47 bits per heavy atom. The lowest BCUT2D eigenvalue weighted by Gasteiger charge is -2.14. The van der Waals surface area contributed by atoms with Gasteiger partial charge in [0.15, 0.2) is 0 Å². The van der Waals surface area contributed by atoms with Crippen molar-refractivity contribution in [3.8, 4) is 0 Å². The van der Waals surface area contributed by atoms with Crippen molar-refractivity contribution < 1.29 is 9.53 Å². The molecule has 1 aliphatic rings. The molecule has 1 aliphatic carbocycles. The lowest BCUT2D eigenvalue weighted by atomic mass is 9.93. The number of carbonyl (C=O) groups excluding carboxylic acids is 1.